The van der Waals surface area contributed by atoms with E-state index >= 15 is 0 Å². The molecule has 0 saturated carbocycles. The molecular weight excluding hydrogens is 276 g/mol. The molecule has 0 aromatic heterocycles. The van der Waals surface area contributed by atoms with Crippen molar-refractivity contribution in [3.05, 3.63) is 65.2 Å². The molecule has 4 nitrogen and oxygen atoms in total. The lowest BCUT2D eigenvalue weighted by molar-refractivity contribution is -0.121. The fourth-order valence-electron chi connectivity index (χ4n) is 2.98. The van der Waals surface area contributed by atoms with Crippen LogP contribution in [0.1, 0.15) is 40.2 Å². The average Bonchev–Trinajstić information content (AvgIpc) is 2.54. The molecule has 1 aliphatic carbocycles. The molecular formula is C18H18N2O2. The number of nitrogens with two attached hydrogens (primary N) is 1. The summed E-state index contributed by atoms with van der Waals surface area (Å²) in [6.45, 7) is 0. The first-order valence-corrected chi connectivity index (χ1v) is 7.43. The van der Waals surface area contributed by atoms with Crippen LogP contribution in [-0.4, -0.2) is 11.8 Å². The number of imide groups is 1. The molecule has 1 aliphatic rings. The molecule has 0 spiro atoms. The van der Waals surface area contributed by atoms with Gasteiger partial charge >= 0.3 is 0 Å². The van der Waals surface area contributed by atoms with Gasteiger partial charge in [-0.05, 0) is 48.6 Å². The van der Waals surface area contributed by atoms with Crippen molar-refractivity contribution in [2.75, 3.05) is 5.73 Å². The van der Waals surface area contributed by atoms with Crippen molar-refractivity contribution in [3.8, 4) is 0 Å². The lowest BCUT2D eigenvalue weighted by Gasteiger charge is -2.24. The van der Waals surface area contributed by atoms with Crippen molar-refractivity contribution in [2.45, 2.75) is 25.2 Å². The van der Waals surface area contributed by atoms with Crippen LogP contribution < -0.4 is 11.1 Å². The molecule has 2 aromatic rings. The van der Waals surface area contributed by atoms with Crippen LogP contribution in [0.15, 0.2) is 48.5 Å². The Morgan fingerprint density at radius 2 is 1.91 bits per heavy atom. The molecule has 2 aromatic carbocycles. The number of benzene rings is 2. The number of anilines is 1. The summed E-state index contributed by atoms with van der Waals surface area (Å²) in [7, 11) is 0. The summed E-state index contributed by atoms with van der Waals surface area (Å²) < 4.78 is 0. The van der Waals surface area contributed by atoms with Gasteiger partial charge in [0.1, 0.15) is 0 Å². The monoisotopic (exact) mass is 294 g/mol. The van der Waals surface area contributed by atoms with E-state index in [4.69, 9.17) is 5.73 Å². The van der Waals surface area contributed by atoms with Gasteiger partial charge in [-0.25, -0.2) is 0 Å². The molecule has 3 rings (SSSR count). The maximum absolute atomic E-state index is 12.5. The number of hydrogen-bond acceptors (Lipinski definition) is 3. The summed E-state index contributed by atoms with van der Waals surface area (Å²) in [4.78, 5) is 24.6. The number of hydrogen-bond donors (Lipinski definition) is 2. The largest absolute Gasteiger partial charge is 0.399 e. The van der Waals surface area contributed by atoms with Gasteiger partial charge in [-0.15, -0.1) is 0 Å². The number of carbonyl (C=O) groups is 2. The molecule has 0 aliphatic heterocycles. The number of nitrogens with one attached hydrogen (secondary N) is 1. The molecule has 2 amide bonds. The third-order valence-corrected chi connectivity index (χ3v) is 4.07. The molecule has 3 N–H and O–H groups in total. The van der Waals surface area contributed by atoms with Gasteiger partial charge < -0.3 is 5.73 Å². The first-order valence-electron chi connectivity index (χ1n) is 7.43. The molecule has 1 atom stereocenters. The number of amides is 2. The van der Waals surface area contributed by atoms with Crippen molar-refractivity contribution in [3.63, 3.8) is 0 Å². The van der Waals surface area contributed by atoms with Crippen molar-refractivity contribution in [1.82, 2.24) is 5.32 Å². The maximum atomic E-state index is 12.5. The minimum absolute atomic E-state index is 0.237. The van der Waals surface area contributed by atoms with Crippen LogP contribution in [0.5, 0.6) is 0 Å². The van der Waals surface area contributed by atoms with Crippen LogP contribution in [0, 0.1) is 0 Å². The van der Waals surface area contributed by atoms with Gasteiger partial charge in [0.25, 0.3) is 5.91 Å². The zero-order valence-corrected chi connectivity index (χ0v) is 12.2. The Hall–Kier alpha value is -2.62. The van der Waals surface area contributed by atoms with Gasteiger partial charge in [0.2, 0.25) is 5.91 Å². The third-order valence-electron chi connectivity index (χ3n) is 4.07. The Bertz CT molecular complexity index is 725. The van der Waals surface area contributed by atoms with Crippen molar-refractivity contribution in [1.29, 1.82) is 0 Å². The topological polar surface area (TPSA) is 72.2 Å². The van der Waals surface area contributed by atoms with E-state index in [0.29, 0.717) is 11.3 Å². The predicted octanol–water partition coefficient (Wildman–Crippen LogP) is 2.65. The molecule has 112 valence electrons. The Kier molecular flexibility index (Phi) is 3.92. The van der Waals surface area contributed by atoms with Crippen LogP contribution in [0.25, 0.3) is 0 Å². The van der Waals surface area contributed by atoms with Gasteiger partial charge in [-0.2, -0.15) is 0 Å². The predicted molar refractivity (Wildman–Crippen MR) is 85.4 cm³/mol. The van der Waals surface area contributed by atoms with E-state index in [2.05, 4.69) is 11.4 Å². The Morgan fingerprint density at radius 3 is 2.73 bits per heavy atom. The van der Waals surface area contributed by atoms with Gasteiger partial charge in [0.05, 0.1) is 5.92 Å². The van der Waals surface area contributed by atoms with Crippen LogP contribution in [0.3, 0.4) is 0 Å². The third kappa shape index (κ3) is 2.86. The van der Waals surface area contributed by atoms with E-state index in [-0.39, 0.29) is 11.8 Å². The molecule has 1 unspecified atom stereocenters. The number of aryl methyl sites for hydroxylation is 1. The number of nitrogen functional groups attached to an aromatic ring is 1. The zero-order valence-electron chi connectivity index (χ0n) is 12.2. The maximum Gasteiger partial charge on any atom is 0.257 e. The van der Waals surface area contributed by atoms with E-state index < -0.39 is 5.91 Å². The fraction of sp³-hybridized carbons (Fsp3) is 0.222. The molecule has 0 fully saturated rings. The Labute approximate surface area is 129 Å². The van der Waals surface area contributed by atoms with E-state index in [1.807, 2.05) is 18.2 Å². The minimum atomic E-state index is -0.402. The summed E-state index contributed by atoms with van der Waals surface area (Å²) in [5.41, 5.74) is 8.80. The second kappa shape index (κ2) is 6.02. The van der Waals surface area contributed by atoms with Gasteiger partial charge in [-0.3, -0.25) is 14.9 Å². The molecule has 0 heterocycles. The number of rotatable bonds is 2. The lowest BCUT2D eigenvalue weighted by atomic mass is 9.82. The van der Waals surface area contributed by atoms with Crippen molar-refractivity contribution in [2.24, 2.45) is 0 Å². The fourth-order valence-corrected chi connectivity index (χ4v) is 2.98. The quantitative estimate of drug-likeness (QED) is 0.660. The highest BCUT2D eigenvalue weighted by Crippen LogP contribution is 2.31. The molecule has 0 saturated heterocycles. The van der Waals surface area contributed by atoms with Gasteiger partial charge in [0, 0.05) is 11.3 Å². The average molecular weight is 294 g/mol. The van der Waals surface area contributed by atoms with Gasteiger partial charge in [0.15, 0.2) is 0 Å². The highest BCUT2D eigenvalue weighted by Gasteiger charge is 2.27. The van der Waals surface area contributed by atoms with Crippen LogP contribution in [-0.2, 0) is 11.2 Å². The summed E-state index contributed by atoms with van der Waals surface area (Å²) in [6, 6.07) is 14.6. The highest BCUT2D eigenvalue weighted by molar-refractivity contribution is 6.06. The van der Waals surface area contributed by atoms with Crippen LogP contribution in [0.4, 0.5) is 5.69 Å². The highest BCUT2D eigenvalue weighted by atomic mass is 16.2. The minimum Gasteiger partial charge on any atom is -0.399 e. The summed E-state index contributed by atoms with van der Waals surface area (Å²) in [5.74, 6) is -0.894. The first kappa shape index (κ1) is 14.3. The molecule has 0 bridgehead atoms. The van der Waals surface area contributed by atoms with E-state index in [0.717, 1.165) is 24.8 Å². The second-order valence-corrected chi connectivity index (χ2v) is 5.59. The summed E-state index contributed by atoms with van der Waals surface area (Å²) in [5, 5.41) is 2.50. The summed E-state index contributed by atoms with van der Waals surface area (Å²) >= 11 is 0. The van der Waals surface area contributed by atoms with Crippen molar-refractivity contribution < 1.29 is 9.59 Å². The van der Waals surface area contributed by atoms with E-state index in [1.165, 1.54) is 5.56 Å². The Balaban J connectivity index is 1.77. The molecule has 0 radical (unpaired) electrons. The normalized spacial score (nSPS) is 16.6. The second-order valence-electron chi connectivity index (χ2n) is 5.59. The van der Waals surface area contributed by atoms with Crippen LogP contribution >= 0.6 is 0 Å². The summed E-state index contributed by atoms with van der Waals surface area (Å²) in [6.07, 6.45) is 2.72. The zero-order chi connectivity index (χ0) is 15.5. The first-order chi connectivity index (χ1) is 10.6. The smallest absolute Gasteiger partial charge is 0.257 e. The van der Waals surface area contributed by atoms with E-state index in [9.17, 15) is 9.59 Å². The van der Waals surface area contributed by atoms with Crippen molar-refractivity contribution >= 4 is 17.5 Å². The Morgan fingerprint density at radius 1 is 1.09 bits per heavy atom. The molecule has 22 heavy (non-hydrogen) atoms. The number of fused-ring (bicyclic) bond motifs is 1. The van der Waals surface area contributed by atoms with Crippen LogP contribution in [0.2, 0.25) is 0 Å². The van der Waals surface area contributed by atoms with Gasteiger partial charge in [-0.1, -0.05) is 30.3 Å². The molecule has 4 heteroatoms. The lowest BCUT2D eigenvalue weighted by Crippen LogP contribution is -2.36. The standard InChI is InChI=1S/C18H18N2O2/c19-14-8-3-7-13(11-14)17(21)20-18(22)16-10-4-6-12-5-1-2-9-15(12)16/h1-3,5,7-9,11,16H,4,6,10,19H2,(H,20,21,22). The SMILES string of the molecule is Nc1cccc(C(=O)NC(=O)C2CCCc3ccccc32)c1. The number of carbonyl (C=O) groups excluding carboxylic acids is 2. The van der Waals surface area contributed by atoms with E-state index in [1.54, 1.807) is 24.3 Å².